The summed E-state index contributed by atoms with van der Waals surface area (Å²) in [6.45, 7) is 1.63. The monoisotopic (exact) mass is 1460 g/mol. The molecule has 1 amide bonds. The molecule has 3 aliphatic heterocycles. The van der Waals surface area contributed by atoms with Gasteiger partial charge in [0.1, 0.15) is 73.2 Å². The largest absolute Gasteiger partial charge is 0.394 e. The molecule has 0 saturated carbocycles. The molecule has 19 nitrogen and oxygen atoms in total. The Morgan fingerprint density at radius 3 is 1.09 bits per heavy atom. The zero-order valence-electron chi connectivity index (χ0n) is 64.0. The Bertz CT molecular complexity index is 2190. The van der Waals surface area contributed by atoms with Gasteiger partial charge in [0.05, 0.1) is 38.6 Å². The van der Waals surface area contributed by atoms with E-state index in [4.69, 9.17) is 28.4 Å². The molecule has 17 unspecified atom stereocenters. The van der Waals surface area contributed by atoms with Gasteiger partial charge in [-0.2, -0.15) is 0 Å². The molecule has 3 rings (SSSR count). The molecule has 3 saturated heterocycles. The zero-order chi connectivity index (χ0) is 74.6. The van der Waals surface area contributed by atoms with Gasteiger partial charge in [0.15, 0.2) is 18.9 Å². The van der Waals surface area contributed by atoms with Crippen molar-refractivity contribution in [1.82, 2.24) is 5.32 Å². The number of carbonyl (C=O) groups excluding carboxylic acids is 1. The number of hydrogen-bond acceptors (Lipinski definition) is 18. The minimum absolute atomic E-state index is 0.229. The first kappa shape index (κ1) is 94.2. The fourth-order valence-electron chi connectivity index (χ4n) is 13.6. The second-order valence-electron chi connectivity index (χ2n) is 29.2. The molecule has 0 aromatic carbocycles. The molecule has 598 valence electrons. The Balaban J connectivity index is 1.38. The zero-order valence-corrected chi connectivity index (χ0v) is 64.0. The smallest absolute Gasteiger partial charge is 0.220 e. The number of rotatable bonds is 65. The molecule has 103 heavy (non-hydrogen) atoms. The summed E-state index contributed by atoms with van der Waals surface area (Å²) in [6.07, 6.45) is 58.6. The van der Waals surface area contributed by atoms with Crippen LogP contribution in [0.5, 0.6) is 0 Å². The number of ether oxygens (including phenoxy) is 6. The lowest BCUT2D eigenvalue weighted by atomic mass is 9.96. The summed E-state index contributed by atoms with van der Waals surface area (Å²) in [5.41, 5.74) is 0. The van der Waals surface area contributed by atoms with Crippen LogP contribution in [-0.2, 0) is 33.2 Å². The van der Waals surface area contributed by atoms with Crippen LogP contribution in [0, 0.1) is 0 Å². The van der Waals surface area contributed by atoms with Crippen LogP contribution in [0.1, 0.15) is 309 Å². The average molecular weight is 1460 g/mol. The number of unbranched alkanes of at least 4 members (excludes halogenated alkanes) is 37. The van der Waals surface area contributed by atoms with Gasteiger partial charge in [-0.25, -0.2) is 0 Å². The van der Waals surface area contributed by atoms with Gasteiger partial charge < -0.3 is 89.9 Å². The summed E-state index contributed by atoms with van der Waals surface area (Å²) < 4.78 is 34.4. The van der Waals surface area contributed by atoms with Crippen LogP contribution in [-0.4, -0.2) is 193 Å². The summed E-state index contributed by atoms with van der Waals surface area (Å²) in [7, 11) is 0. The Kier molecular flexibility index (Phi) is 58.4. The molecule has 3 aliphatic rings. The van der Waals surface area contributed by atoms with Gasteiger partial charge in [0.2, 0.25) is 5.91 Å². The molecule has 0 bridgehead atoms. The van der Waals surface area contributed by atoms with Crippen LogP contribution < -0.4 is 5.32 Å². The molecule has 3 heterocycles. The predicted octanol–water partition coefficient (Wildman–Crippen LogP) is 14.2. The lowest BCUT2D eigenvalue weighted by Crippen LogP contribution is -2.66. The van der Waals surface area contributed by atoms with E-state index in [1.165, 1.54) is 205 Å². The van der Waals surface area contributed by atoms with E-state index < -0.39 is 124 Å². The van der Waals surface area contributed by atoms with Crippen molar-refractivity contribution >= 4 is 5.91 Å². The standard InChI is InChI=1S/C84H149NO18/c1-3-5-7-9-11-13-15-17-19-21-23-25-27-29-31-33-35-37-39-41-43-45-47-49-51-53-55-57-59-61-68(89)67(85-72(90)62-60-58-56-54-52-50-48-46-44-42-40-38-36-34-32-30-28-26-24-22-20-18-16-14-12-10-8-6-4-2)66-98-82-78(96)75(93)80(70(64-87)100-82)103-84-79(97)76(94)81(71(65-88)101-84)102-83-77(95)74(92)73(91)69(63-86)99-83/h6,8,12,14,18,20,24,26,43,45,51,53,59,61,67-71,73-84,86-89,91-97H,3-5,7,9-11,13,15-17,19,21-23,25,27-42,44,46-50,52,54-58,60,62-66H2,1-2H3,(H,85,90)/b8-6-,14-12-,20-18-,26-24-,45-43+,53-51+,61-59+. The number of hydrogen-bond donors (Lipinski definition) is 12. The quantitative estimate of drug-likeness (QED) is 0.0199. The second-order valence-corrected chi connectivity index (χ2v) is 29.2. The van der Waals surface area contributed by atoms with Crippen molar-refractivity contribution in [3.05, 3.63) is 85.1 Å². The first-order chi connectivity index (χ1) is 50.3. The molecule has 19 heteroatoms. The summed E-state index contributed by atoms with van der Waals surface area (Å²) in [5.74, 6) is -0.289. The van der Waals surface area contributed by atoms with E-state index in [1.807, 2.05) is 6.08 Å². The molecule has 0 radical (unpaired) electrons. The van der Waals surface area contributed by atoms with Crippen molar-refractivity contribution < 1.29 is 89.4 Å². The van der Waals surface area contributed by atoms with Crippen molar-refractivity contribution in [3.63, 3.8) is 0 Å². The van der Waals surface area contributed by atoms with Gasteiger partial charge >= 0.3 is 0 Å². The topological polar surface area (TPSA) is 307 Å². The first-order valence-corrected chi connectivity index (χ1v) is 41.3. The maximum atomic E-state index is 13.5. The van der Waals surface area contributed by atoms with Gasteiger partial charge in [-0.15, -0.1) is 0 Å². The number of nitrogens with one attached hydrogen (secondary N) is 1. The summed E-state index contributed by atoms with van der Waals surface area (Å²) in [6, 6.07) is -1.00. The maximum absolute atomic E-state index is 13.5. The Morgan fingerprint density at radius 1 is 0.359 bits per heavy atom. The lowest BCUT2D eigenvalue weighted by molar-refractivity contribution is -0.379. The highest BCUT2D eigenvalue weighted by molar-refractivity contribution is 5.76. The summed E-state index contributed by atoms with van der Waals surface area (Å²) in [5, 5.41) is 121. The third kappa shape index (κ3) is 43.7. The Labute approximate surface area is 622 Å². The van der Waals surface area contributed by atoms with E-state index in [0.717, 1.165) is 70.6 Å². The number of carbonyl (C=O) groups is 1. The predicted molar refractivity (Wildman–Crippen MR) is 411 cm³/mol. The van der Waals surface area contributed by atoms with Crippen molar-refractivity contribution in [2.24, 2.45) is 0 Å². The van der Waals surface area contributed by atoms with Crippen molar-refractivity contribution in [2.45, 2.75) is 413 Å². The van der Waals surface area contributed by atoms with Crippen LogP contribution in [0.3, 0.4) is 0 Å². The van der Waals surface area contributed by atoms with Gasteiger partial charge in [-0.3, -0.25) is 4.79 Å². The normalized spacial score (nSPS) is 26.5. The van der Waals surface area contributed by atoms with Crippen LogP contribution in [0.2, 0.25) is 0 Å². The van der Waals surface area contributed by atoms with Crippen LogP contribution in [0.15, 0.2) is 85.1 Å². The second kappa shape index (κ2) is 63.9. The highest BCUT2D eigenvalue weighted by Gasteiger charge is 2.54. The number of aliphatic hydroxyl groups is 11. The fourth-order valence-corrected chi connectivity index (χ4v) is 13.6. The van der Waals surface area contributed by atoms with E-state index >= 15 is 0 Å². The van der Waals surface area contributed by atoms with E-state index in [0.29, 0.717) is 12.8 Å². The van der Waals surface area contributed by atoms with Gasteiger partial charge in [0, 0.05) is 6.42 Å². The average Bonchev–Trinajstić information content (AvgIpc) is 0.781. The van der Waals surface area contributed by atoms with Gasteiger partial charge in [-0.1, -0.05) is 304 Å². The number of aliphatic hydroxyl groups excluding tert-OH is 11. The maximum Gasteiger partial charge on any atom is 0.220 e. The first-order valence-electron chi connectivity index (χ1n) is 41.3. The lowest BCUT2D eigenvalue weighted by Gasteiger charge is -2.48. The van der Waals surface area contributed by atoms with Gasteiger partial charge in [-0.05, 0) is 83.5 Å². The van der Waals surface area contributed by atoms with Crippen molar-refractivity contribution in [3.8, 4) is 0 Å². The van der Waals surface area contributed by atoms with Crippen molar-refractivity contribution in [2.75, 3.05) is 26.4 Å². The van der Waals surface area contributed by atoms with E-state index in [9.17, 15) is 61.0 Å². The van der Waals surface area contributed by atoms with Gasteiger partial charge in [0.25, 0.3) is 0 Å². The van der Waals surface area contributed by atoms with E-state index in [-0.39, 0.29) is 18.9 Å². The minimum atomic E-state index is -1.99. The molecule has 12 N–H and O–H groups in total. The molecule has 0 aromatic heterocycles. The highest BCUT2D eigenvalue weighted by Crippen LogP contribution is 2.33. The Morgan fingerprint density at radius 2 is 0.680 bits per heavy atom. The van der Waals surface area contributed by atoms with E-state index in [2.05, 4.69) is 92.1 Å². The van der Waals surface area contributed by atoms with Crippen LogP contribution >= 0.6 is 0 Å². The minimum Gasteiger partial charge on any atom is -0.394 e. The van der Waals surface area contributed by atoms with Crippen LogP contribution in [0.4, 0.5) is 0 Å². The summed E-state index contributed by atoms with van der Waals surface area (Å²) >= 11 is 0. The van der Waals surface area contributed by atoms with Crippen LogP contribution in [0.25, 0.3) is 0 Å². The summed E-state index contributed by atoms with van der Waals surface area (Å²) in [4.78, 5) is 13.5. The molecule has 17 atom stereocenters. The van der Waals surface area contributed by atoms with Crippen molar-refractivity contribution in [1.29, 1.82) is 0 Å². The molecular formula is C84H149NO18. The third-order valence-electron chi connectivity index (χ3n) is 20.2. The molecular weight excluding hydrogens is 1310 g/mol. The fraction of sp³-hybridized carbons (Fsp3) is 0.821. The highest BCUT2D eigenvalue weighted by atomic mass is 16.8. The Hall–Kier alpha value is -3.03. The number of amides is 1. The molecule has 0 aromatic rings. The molecule has 0 aliphatic carbocycles. The van der Waals surface area contributed by atoms with E-state index in [1.54, 1.807) is 6.08 Å². The number of allylic oxidation sites excluding steroid dienone is 13. The molecule has 0 spiro atoms. The third-order valence-corrected chi connectivity index (χ3v) is 20.2. The SMILES string of the molecule is CC/C=C\C/C=C\C/C=C\C/C=C\CCCCCCCCCCCCCCCCCCC(=O)NC(COC1OC(CO)C(OC2OC(CO)C(OC3OC(CO)C(O)C(O)C3O)C(O)C2O)C(O)C1O)C(O)/C=C/CC/C=C/CC/C=C/CCCCCCCCCCCCCCCCCCCCC. The molecule has 3 fully saturated rings.